The topological polar surface area (TPSA) is 35.5 Å². The Kier molecular flexibility index (Phi) is 5.80. The predicted octanol–water partition coefficient (Wildman–Crippen LogP) is 2.40. The molecular weight excluding hydrogens is 260 g/mol. The normalized spacial score (nSPS) is 22.6. The minimum Gasteiger partial charge on any atom is -0.395 e. The minimum atomic E-state index is 0.0727. The lowest BCUT2D eigenvalue weighted by Gasteiger charge is -2.37. The molecule has 0 radical (unpaired) electrons. The van der Waals surface area contributed by atoms with Crippen molar-refractivity contribution in [3.8, 4) is 0 Å². The fourth-order valence-electron chi connectivity index (χ4n) is 3.28. The van der Waals surface area contributed by atoms with Gasteiger partial charge in [0, 0.05) is 30.6 Å². The molecule has 3 nitrogen and oxygen atoms in total. The first-order valence-electron chi connectivity index (χ1n) is 8.19. The molecule has 1 aliphatic heterocycles. The first-order chi connectivity index (χ1) is 10.0. The summed E-state index contributed by atoms with van der Waals surface area (Å²) in [6.07, 6.45) is 2.33. The third-order valence-electron chi connectivity index (χ3n) is 4.63. The van der Waals surface area contributed by atoms with Gasteiger partial charge in [0.2, 0.25) is 0 Å². The molecule has 1 aromatic rings. The molecule has 118 valence electrons. The number of nitrogens with zero attached hydrogens (tertiary/aromatic N) is 1. The molecule has 1 saturated heterocycles. The van der Waals surface area contributed by atoms with Gasteiger partial charge >= 0.3 is 0 Å². The van der Waals surface area contributed by atoms with E-state index < -0.39 is 0 Å². The van der Waals surface area contributed by atoms with Crippen molar-refractivity contribution in [1.29, 1.82) is 0 Å². The Balaban J connectivity index is 2.15. The summed E-state index contributed by atoms with van der Waals surface area (Å²) in [5.74, 6) is 0. The first kappa shape index (κ1) is 16.5. The Labute approximate surface area is 129 Å². The van der Waals surface area contributed by atoms with Crippen LogP contribution < -0.4 is 5.32 Å². The van der Waals surface area contributed by atoms with Crippen LogP contribution in [0.25, 0.3) is 0 Å². The lowest BCUT2D eigenvalue weighted by Crippen LogP contribution is -2.48. The number of benzene rings is 1. The van der Waals surface area contributed by atoms with E-state index in [2.05, 4.69) is 61.3 Å². The number of aliphatic hydroxyl groups is 1. The van der Waals surface area contributed by atoms with Gasteiger partial charge in [-0.1, -0.05) is 51.1 Å². The van der Waals surface area contributed by atoms with E-state index in [1.165, 1.54) is 12.0 Å². The molecule has 0 spiro atoms. The van der Waals surface area contributed by atoms with Crippen molar-refractivity contribution in [1.82, 2.24) is 10.2 Å². The van der Waals surface area contributed by atoms with E-state index in [0.29, 0.717) is 12.1 Å². The zero-order valence-electron chi connectivity index (χ0n) is 13.7. The first-order valence-corrected chi connectivity index (χ1v) is 8.19. The van der Waals surface area contributed by atoms with Crippen molar-refractivity contribution in [2.45, 2.75) is 51.1 Å². The van der Waals surface area contributed by atoms with E-state index in [1.54, 1.807) is 0 Å². The van der Waals surface area contributed by atoms with Gasteiger partial charge in [0.15, 0.2) is 0 Å². The van der Waals surface area contributed by atoms with Crippen LogP contribution in [0.5, 0.6) is 0 Å². The second-order valence-corrected chi connectivity index (χ2v) is 6.91. The van der Waals surface area contributed by atoms with Crippen LogP contribution in [0, 0.1) is 0 Å². The highest BCUT2D eigenvalue weighted by molar-refractivity contribution is 5.26. The number of rotatable bonds is 7. The number of likely N-dealkylation sites (tertiary alicyclic amines) is 1. The molecule has 21 heavy (non-hydrogen) atoms. The smallest absolute Gasteiger partial charge is 0.0586 e. The number of nitrogens with one attached hydrogen (secondary N) is 1. The van der Waals surface area contributed by atoms with Crippen molar-refractivity contribution >= 4 is 0 Å². The Morgan fingerprint density at radius 3 is 2.67 bits per heavy atom. The summed E-state index contributed by atoms with van der Waals surface area (Å²) in [6, 6.07) is 11.6. The summed E-state index contributed by atoms with van der Waals surface area (Å²) in [5, 5.41) is 13.2. The van der Waals surface area contributed by atoms with Crippen LogP contribution >= 0.6 is 0 Å². The molecule has 2 N–H and O–H groups in total. The molecule has 0 amide bonds. The maximum absolute atomic E-state index is 9.56. The fraction of sp³-hybridized carbons (Fsp3) is 0.667. The molecular formula is C18H30N2O. The Bertz CT molecular complexity index is 420. The number of aliphatic hydroxyl groups excluding tert-OH is 1. The highest BCUT2D eigenvalue weighted by atomic mass is 16.3. The van der Waals surface area contributed by atoms with E-state index in [0.717, 1.165) is 26.1 Å². The van der Waals surface area contributed by atoms with Crippen LogP contribution in [-0.2, 0) is 5.41 Å². The van der Waals surface area contributed by atoms with Gasteiger partial charge in [-0.25, -0.2) is 0 Å². The van der Waals surface area contributed by atoms with Gasteiger partial charge in [0.25, 0.3) is 0 Å². The third kappa shape index (κ3) is 4.29. The van der Waals surface area contributed by atoms with Gasteiger partial charge in [0.05, 0.1) is 6.61 Å². The van der Waals surface area contributed by atoms with E-state index in [1.807, 2.05) is 0 Å². The summed E-state index contributed by atoms with van der Waals surface area (Å²) < 4.78 is 0. The van der Waals surface area contributed by atoms with E-state index in [9.17, 15) is 5.11 Å². The zero-order chi connectivity index (χ0) is 15.3. The average molecular weight is 290 g/mol. The van der Waals surface area contributed by atoms with Crippen LogP contribution in [0.4, 0.5) is 0 Å². The predicted molar refractivity (Wildman–Crippen MR) is 88.6 cm³/mol. The minimum absolute atomic E-state index is 0.0727. The molecule has 0 saturated carbocycles. The van der Waals surface area contributed by atoms with Gasteiger partial charge in [0.1, 0.15) is 0 Å². The van der Waals surface area contributed by atoms with Crippen molar-refractivity contribution in [2.75, 3.05) is 26.2 Å². The Hall–Kier alpha value is -0.900. The molecule has 0 aromatic heterocycles. The second-order valence-electron chi connectivity index (χ2n) is 6.91. The molecule has 0 aliphatic carbocycles. The van der Waals surface area contributed by atoms with Gasteiger partial charge in [-0.15, -0.1) is 0 Å². The summed E-state index contributed by atoms with van der Waals surface area (Å²) in [5.41, 5.74) is 1.45. The standard InChI is InChI=1S/C18H30N2O/c1-15(2)19-13-18(3,16-8-5-4-6-9-16)14-20-11-7-10-17(20)12-21/h4-6,8-9,15,17,19,21H,7,10-14H2,1-3H3. The van der Waals surface area contributed by atoms with Crippen molar-refractivity contribution in [2.24, 2.45) is 0 Å². The molecule has 3 heteroatoms. The summed E-state index contributed by atoms with van der Waals surface area (Å²) in [4.78, 5) is 2.47. The molecule has 1 aromatic carbocycles. The van der Waals surface area contributed by atoms with Gasteiger partial charge in [-0.2, -0.15) is 0 Å². The summed E-state index contributed by atoms with van der Waals surface area (Å²) >= 11 is 0. The van der Waals surface area contributed by atoms with E-state index in [4.69, 9.17) is 0 Å². The van der Waals surface area contributed by atoms with Gasteiger partial charge in [-0.05, 0) is 24.9 Å². The molecule has 1 heterocycles. The van der Waals surface area contributed by atoms with Crippen LogP contribution in [0.3, 0.4) is 0 Å². The molecule has 2 unspecified atom stereocenters. The monoisotopic (exact) mass is 290 g/mol. The molecule has 2 atom stereocenters. The highest BCUT2D eigenvalue weighted by Crippen LogP contribution is 2.28. The lowest BCUT2D eigenvalue weighted by molar-refractivity contribution is 0.133. The largest absolute Gasteiger partial charge is 0.395 e. The third-order valence-corrected chi connectivity index (χ3v) is 4.63. The average Bonchev–Trinajstić information content (AvgIpc) is 2.93. The van der Waals surface area contributed by atoms with E-state index >= 15 is 0 Å². The van der Waals surface area contributed by atoms with Crippen molar-refractivity contribution in [3.63, 3.8) is 0 Å². The summed E-state index contributed by atoms with van der Waals surface area (Å²) in [7, 11) is 0. The number of hydrogen-bond acceptors (Lipinski definition) is 3. The van der Waals surface area contributed by atoms with E-state index in [-0.39, 0.29) is 12.0 Å². The molecule has 1 aliphatic rings. The van der Waals surface area contributed by atoms with Crippen LogP contribution in [0.2, 0.25) is 0 Å². The maximum atomic E-state index is 9.56. The Morgan fingerprint density at radius 1 is 1.33 bits per heavy atom. The maximum Gasteiger partial charge on any atom is 0.0586 e. The van der Waals surface area contributed by atoms with Gasteiger partial charge < -0.3 is 10.4 Å². The Morgan fingerprint density at radius 2 is 2.05 bits per heavy atom. The molecule has 2 rings (SSSR count). The highest BCUT2D eigenvalue weighted by Gasteiger charge is 2.33. The SMILES string of the molecule is CC(C)NCC(C)(CN1CCCC1CO)c1ccccc1. The van der Waals surface area contributed by atoms with Crippen LogP contribution in [0.15, 0.2) is 30.3 Å². The molecule has 1 fully saturated rings. The van der Waals surface area contributed by atoms with Gasteiger partial charge in [-0.3, -0.25) is 4.90 Å². The van der Waals surface area contributed by atoms with Crippen LogP contribution in [-0.4, -0.2) is 48.3 Å². The quantitative estimate of drug-likeness (QED) is 0.809. The second kappa shape index (κ2) is 7.39. The van der Waals surface area contributed by atoms with Crippen LogP contribution in [0.1, 0.15) is 39.2 Å². The lowest BCUT2D eigenvalue weighted by atomic mass is 9.81. The van der Waals surface area contributed by atoms with Crippen molar-refractivity contribution < 1.29 is 5.11 Å². The zero-order valence-corrected chi connectivity index (χ0v) is 13.7. The van der Waals surface area contributed by atoms with Crippen molar-refractivity contribution in [3.05, 3.63) is 35.9 Å². The number of hydrogen-bond donors (Lipinski definition) is 2. The molecule has 0 bridgehead atoms. The summed E-state index contributed by atoms with van der Waals surface area (Å²) in [6.45, 7) is 10.1. The fourth-order valence-corrected chi connectivity index (χ4v) is 3.28.